The second-order valence-corrected chi connectivity index (χ2v) is 15.4. The SMILES string of the molecule is CCCCCCCCCC[C@@H](O)[C@H]1CC[C@@H]([C@@H](O)CCC#C/C=C/CCCCCCCCC2(Sc3ccccc3)C[C@H](C)OC2=O)O1. The molecule has 0 bridgehead atoms. The lowest BCUT2D eigenvalue weighted by Gasteiger charge is -2.24. The Morgan fingerprint density at radius 1 is 0.872 bits per heavy atom. The average molecular weight is 669 g/mol. The third-order valence-electron chi connectivity index (χ3n) is 9.72. The molecule has 1 unspecified atom stereocenters. The number of benzene rings is 1. The van der Waals surface area contributed by atoms with Crippen molar-refractivity contribution in [1.29, 1.82) is 0 Å². The van der Waals surface area contributed by atoms with Gasteiger partial charge in [0, 0.05) is 17.7 Å². The lowest BCUT2D eigenvalue weighted by molar-refractivity contribution is -0.142. The highest BCUT2D eigenvalue weighted by atomic mass is 32.2. The number of aliphatic hydroxyl groups excluding tert-OH is 2. The molecule has 0 aromatic heterocycles. The number of ether oxygens (including phenoxy) is 2. The molecule has 47 heavy (non-hydrogen) atoms. The van der Waals surface area contributed by atoms with Crippen LogP contribution in [0.1, 0.15) is 155 Å². The van der Waals surface area contributed by atoms with Gasteiger partial charge in [-0.2, -0.15) is 0 Å². The Bertz CT molecular complexity index is 1060. The van der Waals surface area contributed by atoms with Crippen molar-refractivity contribution in [1.82, 2.24) is 0 Å². The van der Waals surface area contributed by atoms with Gasteiger partial charge in [-0.3, -0.25) is 4.79 Å². The van der Waals surface area contributed by atoms with E-state index in [2.05, 4.69) is 37.0 Å². The predicted octanol–water partition coefficient (Wildman–Crippen LogP) is 10.1. The number of cyclic esters (lactones) is 1. The van der Waals surface area contributed by atoms with Crippen molar-refractivity contribution in [3.05, 3.63) is 42.5 Å². The lowest BCUT2D eigenvalue weighted by Crippen LogP contribution is -2.31. The Labute approximate surface area is 291 Å². The molecule has 0 amide bonds. The number of unbranched alkanes of at least 4 members (excludes halogenated alkanes) is 13. The molecule has 0 spiro atoms. The number of hydrogen-bond acceptors (Lipinski definition) is 6. The lowest BCUT2D eigenvalue weighted by atomic mass is 9.96. The van der Waals surface area contributed by atoms with Crippen LogP contribution in [0.3, 0.4) is 0 Å². The van der Waals surface area contributed by atoms with E-state index in [1.807, 2.05) is 31.2 Å². The molecule has 1 aromatic rings. The molecule has 6 atom stereocenters. The fourth-order valence-corrected chi connectivity index (χ4v) is 8.36. The Balaban J connectivity index is 1.16. The van der Waals surface area contributed by atoms with E-state index in [0.717, 1.165) is 62.7 Å². The maximum absolute atomic E-state index is 12.8. The van der Waals surface area contributed by atoms with Crippen LogP contribution in [0.5, 0.6) is 0 Å². The van der Waals surface area contributed by atoms with Crippen LogP contribution < -0.4 is 0 Å². The summed E-state index contributed by atoms with van der Waals surface area (Å²) in [5.41, 5.74) is 0. The molecule has 2 fully saturated rings. The summed E-state index contributed by atoms with van der Waals surface area (Å²) in [5.74, 6) is 6.24. The van der Waals surface area contributed by atoms with E-state index >= 15 is 0 Å². The minimum absolute atomic E-state index is 0.00235. The van der Waals surface area contributed by atoms with Gasteiger partial charge in [-0.05, 0) is 70.1 Å². The molecule has 2 saturated heterocycles. The fraction of sp³-hybridized carbons (Fsp3) is 0.732. The van der Waals surface area contributed by atoms with E-state index in [1.54, 1.807) is 11.8 Å². The second-order valence-electron chi connectivity index (χ2n) is 13.9. The zero-order chi connectivity index (χ0) is 33.6. The van der Waals surface area contributed by atoms with Gasteiger partial charge >= 0.3 is 5.97 Å². The summed E-state index contributed by atoms with van der Waals surface area (Å²) in [6.07, 6.45) is 26.4. The first-order chi connectivity index (χ1) is 22.9. The topological polar surface area (TPSA) is 76.0 Å². The molecule has 2 aliphatic rings. The molecule has 0 saturated carbocycles. The van der Waals surface area contributed by atoms with Gasteiger partial charge in [0.2, 0.25) is 0 Å². The van der Waals surface area contributed by atoms with Crippen molar-refractivity contribution in [3.8, 4) is 11.8 Å². The van der Waals surface area contributed by atoms with Gasteiger partial charge in [0.05, 0.1) is 24.4 Å². The molecular weight excluding hydrogens is 605 g/mol. The molecule has 2 aliphatic heterocycles. The molecule has 0 radical (unpaired) electrons. The minimum atomic E-state index is -0.516. The first-order valence-corrected chi connectivity index (χ1v) is 19.9. The van der Waals surface area contributed by atoms with Crippen molar-refractivity contribution in [2.24, 2.45) is 0 Å². The van der Waals surface area contributed by atoms with E-state index in [0.29, 0.717) is 12.8 Å². The van der Waals surface area contributed by atoms with Gasteiger partial charge in [0.25, 0.3) is 0 Å². The normalized spacial score (nSPS) is 23.9. The largest absolute Gasteiger partial charge is 0.462 e. The Hall–Kier alpha value is -1.78. The number of carbonyl (C=O) groups is 1. The van der Waals surface area contributed by atoms with Gasteiger partial charge in [0.15, 0.2) is 0 Å². The van der Waals surface area contributed by atoms with Crippen LogP contribution in [-0.2, 0) is 14.3 Å². The maximum atomic E-state index is 12.8. The molecule has 2 N–H and O–H groups in total. The summed E-state index contributed by atoms with van der Waals surface area (Å²) in [6, 6.07) is 10.2. The highest BCUT2D eigenvalue weighted by Crippen LogP contribution is 2.46. The van der Waals surface area contributed by atoms with Gasteiger partial charge in [0.1, 0.15) is 10.9 Å². The molecular formula is C41H64O5S. The van der Waals surface area contributed by atoms with Crippen LogP contribution in [0.15, 0.2) is 47.4 Å². The van der Waals surface area contributed by atoms with Crippen LogP contribution in [0.4, 0.5) is 0 Å². The molecule has 6 heteroatoms. The second kappa shape index (κ2) is 23.6. The number of carbonyl (C=O) groups excluding carboxylic acids is 1. The van der Waals surface area contributed by atoms with E-state index < -0.39 is 17.0 Å². The Morgan fingerprint density at radius 3 is 2.15 bits per heavy atom. The number of esters is 1. The summed E-state index contributed by atoms with van der Waals surface area (Å²) in [7, 11) is 0. The summed E-state index contributed by atoms with van der Waals surface area (Å²) < 4.78 is 11.2. The van der Waals surface area contributed by atoms with Crippen molar-refractivity contribution >= 4 is 17.7 Å². The van der Waals surface area contributed by atoms with E-state index in [-0.39, 0.29) is 24.3 Å². The van der Waals surface area contributed by atoms with E-state index in [9.17, 15) is 15.0 Å². The zero-order valence-electron chi connectivity index (χ0n) is 29.5. The van der Waals surface area contributed by atoms with E-state index in [1.165, 1.54) is 70.6 Å². The third kappa shape index (κ3) is 15.5. The maximum Gasteiger partial charge on any atom is 0.322 e. The van der Waals surface area contributed by atoms with Crippen molar-refractivity contribution < 1.29 is 24.5 Å². The minimum Gasteiger partial charge on any atom is -0.462 e. The first-order valence-electron chi connectivity index (χ1n) is 19.0. The summed E-state index contributed by atoms with van der Waals surface area (Å²) in [4.78, 5) is 13.9. The number of allylic oxidation sites excluding steroid dienone is 2. The molecule has 5 nitrogen and oxygen atoms in total. The van der Waals surface area contributed by atoms with Gasteiger partial charge in [-0.15, -0.1) is 11.8 Å². The van der Waals surface area contributed by atoms with Crippen molar-refractivity contribution in [2.75, 3.05) is 0 Å². The Morgan fingerprint density at radius 2 is 1.49 bits per heavy atom. The molecule has 3 rings (SSSR count). The third-order valence-corrected chi connectivity index (χ3v) is 11.2. The summed E-state index contributed by atoms with van der Waals surface area (Å²) in [6.45, 7) is 4.25. The van der Waals surface area contributed by atoms with Crippen molar-refractivity contribution in [3.63, 3.8) is 0 Å². The molecule has 0 aliphatic carbocycles. The number of rotatable bonds is 24. The van der Waals surface area contributed by atoms with Gasteiger partial charge < -0.3 is 19.7 Å². The highest BCUT2D eigenvalue weighted by molar-refractivity contribution is 8.01. The van der Waals surface area contributed by atoms with Gasteiger partial charge in [-0.1, -0.05) is 127 Å². The van der Waals surface area contributed by atoms with Crippen LogP contribution >= 0.6 is 11.8 Å². The van der Waals surface area contributed by atoms with Gasteiger partial charge in [-0.25, -0.2) is 0 Å². The molecule has 2 heterocycles. The quantitative estimate of drug-likeness (QED) is 0.0649. The zero-order valence-corrected chi connectivity index (χ0v) is 30.3. The van der Waals surface area contributed by atoms with Crippen LogP contribution in [0.2, 0.25) is 0 Å². The fourth-order valence-electron chi connectivity index (χ4n) is 6.92. The van der Waals surface area contributed by atoms with E-state index in [4.69, 9.17) is 9.47 Å². The van der Waals surface area contributed by atoms with Crippen molar-refractivity contribution in [2.45, 2.75) is 195 Å². The van der Waals surface area contributed by atoms with Crippen LogP contribution in [0.25, 0.3) is 0 Å². The Kier molecular flexibility index (Phi) is 19.9. The summed E-state index contributed by atoms with van der Waals surface area (Å²) >= 11 is 1.69. The standard InChI is InChI=1S/C41H64O5S/c1-3-4-5-6-7-14-17-23-28-36(42)38-30-31-39(46-38)37(43)29-24-18-15-12-10-8-9-11-13-16-19-25-32-41(33-34(2)45-40(41)44)47-35-26-21-20-22-27-35/h10,12,20-22,26-27,34,36-39,42-43H,3-9,11,13-14,16-17,19,23-25,28-33H2,1-2H3/b12-10+/t34-,36+,37-,38+,39-,41?/m0/s1. The summed E-state index contributed by atoms with van der Waals surface area (Å²) in [5, 5.41) is 21.2. The molecule has 1 aromatic carbocycles. The number of hydrogen-bond donors (Lipinski definition) is 2. The highest BCUT2D eigenvalue weighted by Gasteiger charge is 2.48. The molecule has 264 valence electrons. The predicted molar refractivity (Wildman–Crippen MR) is 195 cm³/mol. The smallest absolute Gasteiger partial charge is 0.322 e. The first kappa shape index (κ1) is 39.7. The average Bonchev–Trinajstić information content (AvgIpc) is 3.67. The number of thioether (sulfide) groups is 1. The van der Waals surface area contributed by atoms with Crippen LogP contribution in [-0.4, -0.2) is 51.4 Å². The number of aliphatic hydroxyl groups is 2. The monoisotopic (exact) mass is 668 g/mol. The van der Waals surface area contributed by atoms with Crippen LogP contribution in [0, 0.1) is 11.8 Å².